The van der Waals surface area contributed by atoms with Gasteiger partial charge in [-0.15, -0.1) is 0 Å². The SMILES string of the molecule is CC1CN(C(=O)c2ccc(OCc3ccccc3)nc2)C(C)CO1. The molecule has 1 fully saturated rings. The maximum atomic E-state index is 12.6. The summed E-state index contributed by atoms with van der Waals surface area (Å²) >= 11 is 0. The van der Waals surface area contributed by atoms with Gasteiger partial charge in [-0.2, -0.15) is 0 Å². The van der Waals surface area contributed by atoms with Crippen LogP contribution in [0.25, 0.3) is 0 Å². The van der Waals surface area contributed by atoms with E-state index in [-0.39, 0.29) is 18.1 Å². The Kier molecular flexibility index (Phi) is 5.11. The van der Waals surface area contributed by atoms with Gasteiger partial charge in [-0.1, -0.05) is 30.3 Å². The fraction of sp³-hybridized carbons (Fsp3) is 0.368. The molecule has 0 aliphatic carbocycles. The smallest absolute Gasteiger partial charge is 0.255 e. The van der Waals surface area contributed by atoms with Crippen LogP contribution in [-0.2, 0) is 11.3 Å². The second-order valence-corrected chi connectivity index (χ2v) is 6.11. The fourth-order valence-electron chi connectivity index (χ4n) is 2.68. The molecule has 5 heteroatoms. The number of pyridine rings is 1. The summed E-state index contributed by atoms with van der Waals surface area (Å²) in [6.45, 7) is 5.60. The standard InChI is InChI=1S/C19H22N2O3/c1-14-12-23-15(2)11-21(14)19(22)17-8-9-18(20-10-17)24-13-16-6-4-3-5-7-16/h3-10,14-15H,11-13H2,1-2H3. The zero-order chi connectivity index (χ0) is 16.9. The summed E-state index contributed by atoms with van der Waals surface area (Å²) in [5.74, 6) is 0.499. The van der Waals surface area contributed by atoms with Crippen LogP contribution in [-0.4, -0.2) is 41.1 Å². The quantitative estimate of drug-likeness (QED) is 0.867. The summed E-state index contributed by atoms with van der Waals surface area (Å²) < 4.78 is 11.2. The Morgan fingerprint density at radius 3 is 2.75 bits per heavy atom. The van der Waals surface area contributed by atoms with E-state index in [0.29, 0.717) is 31.2 Å². The highest BCUT2D eigenvalue weighted by Gasteiger charge is 2.28. The molecule has 0 saturated carbocycles. The number of hydrogen-bond donors (Lipinski definition) is 0. The third-order valence-corrected chi connectivity index (χ3v) is 4.08. The van der Waals surface area contributed by atoms with E-state index in [2.05, 4.69) is 4.98 Å². The van der Waals surface area contributed by atoms with Gasteiger partial charge >= 0.3 is 0 Å². The molecule has 0 spiro atoms. The molecule has 126 valence electrons. The van der Waals surface area contributed by atoms with Gasteiger partial charge < -0.3 is 14.4 Å². The zero-order valence-corrected chi connectivity index (χ0v) is 14.0. The molecule has 0 radical (unpaired) electrons. The molecule has 2 heterocycles. The van der Waals surface area contributed by atoms with Gasteiger partial charge in [0.25, 0.3) is 5.91 Å². The highest BCUT2D eigenvalue weighted by molar-refractivity contribution is 5.94. The monoisotopic (exact) mass is 326 g/mol. The number of nitrogens with zero attached hydrogens (tertiary/aromatic N) is 2. The van der Waals surface area contributed by atoms with Gasteiger partial charge in [0.05, 0.1) is 24.3 Å². The molecule has 2 aromatic rings. The van der Waals surface area contributed by atoms with Crippen LogP contribution in [0.15, 0.2) is 48.7 Å². The van der Waals surface area contributed by atoms with Crippen LogP contribution >= 0.6 is 0 Å². The van der Waals surface area contributed by atoms with Gasteiger partial charge in [-0.3, -0.25) is 4.79 Å². The maximum Gasteiger partial charge on any atom is 0.255 e. The van der Waals surface area contributed by atoms with Crippen LogP contribution in [0.2, 0.25) is 0 Å². The van der Waals surface area contributed by atoms with Gasteiger partial charge in [-0.05, 0) is 25.5 Å². The van der Waals surface area contributed by atoms with Crippen molar-refractivity contribution in [2.24, 2.45) is 0 Å². The number of carbonyl (C=O) groups excluding carboxylic acids is 1. The van der Waals surface area contributed by atoms with Crippen molar-refractivity contribution >= 4 is 5.91 Å². The first-order valence-electron chi connectivity index (χ1n) is 8.19. The van der Waals surface area contributed by atoms with Gasteiger partial charge in [0.2, 0.25) is 5.88 Å². The molecule has 1 aromatic carbocycles. The van der Waals surface area contributed by atoms with Gasteiger partial charge in [0.15, 0.2) is 0 Å². The molecular formula is C19H22N2O3. The van der Waals surface area contributed by atoms with E-state index in [1.54, 1.807) is 18.3 Å². The van der Waals surface area contributed by atoms with Crippen molar-refractivity contribution in [2.45, 2.75) is 32.6 Å². The zero-order valence-electron chi connectivity index (χ0n) is 14.0. The van der Waals surface area contributed by atoms with E-state index in [1.165, 1.54) is 0 Å². The Morgan fingerprint density at radius 2 is 2.04 bits per heavy atom. The lowest BCUT2D eigenvalue weighted by molar-refractivity contribution is -0.0387. The summed E-state index contributed by atoms with van der Waals surface area (Å²) in [5, 5.41) is 0. The van der Waals surface area contributed by atoms with E-state index >= 15 is 0 Å². The summed E-state index contributed by atoms with van der Waals surface area (Å²) in [7, 11) is 0. The molecule has 0 bridgehead atoms. The number of aromatic nitrogens is 1. The minimum Gasteiger partial charge on any atom is -0.473 e. The summed E-state index contributed by atoms with van der Waals surface area (Å²) in [4.78, 5) is 18.7. The number of carbonyl (C=O) groups is 1. The second-order valence-electron chi connectivity index (χ2n) is 6.11. The Morgan fingerprint density at radius 1 is 1.25 bits per heavy atom. The molecule has 5 nitrogen and oxygen atoms in total. The van der Waals surface area contributed by atoms with Crippen molar-refractivity contribution in [1.29, 1.82) is 0 Å². The first-order chi connectivity index (χ1) is 11.6. The van der Waals surface area contributed by atoms with E-state index in [4.69, 9.17) is 9.47 Å². The molecular weight excluding hydrogens is 304 g/mol. The van der Waals surface area contributed by atoms with Crippen molar-refractivity contribution in [1.82, 2.24) is 9.88 Å². The second kappa shape index (κ2) is 7.45. The molecule has 1 aliphatic heterocycles. The number of amides is 1. The number of morpholine rings is 1. The lowest BCUT2D eigenvalue weighted by Crippen LogP contribution is -2.50. The van der Waals surface area contributed by atoms with Crippen molar-refractivity contribution in [3.8, 4) is 5.88 Å². The van der Waals surface area contributed by atoms with Gasteiger partial charge in [-0.25, -0.2) is 4.98 Å². The predicted octanol–water partition coefficient (Wildman–Crippen LogP) is 2.91. The summed E-state index contributed by atoms with van der Waals surface area (Å²) in [6, 6.07) is 13.5. The highest BCUT2D eigenvalue weighted by Crippen LogP contribution is 2.17. The van der Waals surface area contributed by atoms with E-state index in [9.17, 15) is 4.79 Å². The van der Waals surface area contributed by atoms with E-state index in [0.717, 1.165) is 5.56 Å². The number of benzene rings is 1. The molecule has 1 saturated heterocycles. The third kappa shape index (κ3) is 3.92. The summed E-state index contributed by atoms with van der Waals surface area (Å²) in [6.07, 6.45) is 1.64. The molecule has 3 rings (SSSR count). The van der Waals surface area contributed by atoms with Crippen LogP contribution in [0.1, 0.15) is 29.8 Å². The highest BCUT2D eigenvalue weighted by atomic mass is 16.5. The maximum absolute atomic E-state index is 12.6. The Labute approximate surface area is 142 Å². The molecule has 1 aromatic heterocycles. The Hall–Kier alpha value is -2.40. The van der Waals surface area contributed by atoms with Crippen molar-refractivity contribution < 1.29 is 14.3 Å². The van der Waals surface area contributed by atoms with Crippen LogP contribution in [0.5, 0.6) is 5.88 Å². The molecule has 0 N–H and O–H groups in total. The van der Waals surface area contributed by atoms with Gasteiger partial charge in [0.1, 0.15) is 6.61 Å². The van der Waals surface area contributed by atoms with Crippen LogP contribution in [0, 0.1) is 0 Å². The topological polar surface area (TPSA) is 51.7 Å². The average molecular weight is 326 g/mol. The van der Waals surface area contributed by atoms with Gasteiger partial charge in [0, 0.05) is 18.8 Å². The largest absolute Gasteiger partial charge is 0.473 e. The van der Waals surface area contributed by atoms with Crippen molar-refractivity contribution in [2.75, 3.05) is 13.2 Å². The first kappa shape index (κ1) is 16.5. The van der Waals surface area contributed by atoms with Crippen molar-refractivity contribution in [3.63, 3.8) is 0 Å². The number of ether oxygens (including phenoxy) is 2. The molecule has 1 aliphatic rings. The number of rotatable bonds is 4. The minimum atomic E-state index is -0.0141. The fourth-order valence-corrected chi connectivity index (χ4v) is 2.68. The van der Waals surface area contributed by atoms with Crippen molar-refractivity contribution in [3.05, 3.63) is 59.8 Å². The molecule has 2 atom stereocenters. The van der Waals surface area contributed by atoms with E-state index < -0.39 is 0 Å². The number of hydrogen-bond acceptors (Lipinski definition) is 4. The molecule has 24 heavy (non-hydrogen) atoms. The van der Waals surface area contributed by atoms with Crippen LogP contribution in [0.4, 0.5) is 0 Å². The molecule has 1 amide bonds. The minimum absolute atomic E-state index is 0.0141. The predicted molar refractivity (Wildman–Crippen MR) is 90.9 cm³/mol. The summed E-state index contributed by atoms with van der Waals surface area (Å²) in [5.41, 5.74) is 1.65. The van der Waals surface area contributed by atoms with E-state index in [1.807, 2.05) is 49.1 Å². The Balaban J connectivity index is 1.62. The lowest BCUT2D eigenvalue weighted by atomic mass is 10.1. The van der Waals surface area contributed by atoms with Crippen LogP contribution < -0.4 is 4.74 Å². The lowest BCUT2D eigenvalue weighted by Gasteiger charge is -2.36. The molecule has 2 unspecified atom stereocenters. The van der Waals surface area contributed by atoms with Crippen LogP contribution in [0.3, 0.4) is 0 Å². The third-order valence-electron chi connectivity index (χ3n) is 4.08. The normalized spacial score (nSPS) is 20.7. The Bertz CT molecular complexity index is 673. The first-order valence-corrected chi connectivity index (χ1v) is 8.19. The average Bonchev–Trinajstić information content (AvgIpc) is 2.63.